The van der Waals surface area contributed by atoms with Crippen molar-refractivity contribution >= 4 is 17.9 Å². The number of unbranched alkanes of at least 4 members (excludes halogenated alkanes) is 31. The van der Waals surface area contributed by atoms with Crippen LogP contribution in [0, 0.1) is 0 Å². The molecule has 0 aliphatic carbocycles. The van der Waals surface area contributed by atoms with E-state index in [0.717, 1.165) is 103 Å². The molecule has 0 aromatic carbocycles. The Morgan fingerprint density at radius 3 is 0.873 bits per heavy atom. The van der Waals surface area contributed by atoms with Crippen molar-refractivity contribution in [3.63, 3.8) is 0 Å². The van der Waals surface area contributed by atoms with Crippen molar-refractivity contribution in [2.24, 2.45) is 0 Å². The second kappa shape index (κ2) is 66.6. The first-order valence-electron chi connectivity index (χ1n) is 33.4. The molecule has 0 bridgehead atoms. The highest BCUT2D eigenvalue weighted by molar-refractivity contribution is 5.71. The Kier molecular flexibility index (Phi) is 63.3. The minimum absolute atomic E-state index is 0.105. The van der Waals surface area contributed by atoms with Gasteiger partial charge >= 0.3 is 17.9 Å². The molecule has 0 amide bonds. The molecular weight excluding hydrogens is 973 g/mol. The van der Waals surface area contributed by atoms with Gasteiger partial charge in [0.1, 0.15) is 13.2 Å². The second-order valence-corrected chi connectivity index (χ2v) is 22.0. The Bertz CT molecular complexity index is 1590. The van der Waals surface area contributed by atoms with Crippen LogP contribution in [0.5, 0.6) is 0 Å². The fourth-order valence-electron chi connectivity index (χ4n) is 9.26. The van der Waals surface area contributed by atoms with Crippen molar-refractivity contribution in [1.82, 2.24) is 0 Å². The standard InChI is InChI=1S/C73H124O6/c1-4-7-10-13-16-19-22-25-27-28-29-30-31-32-33-34-35-36-37-38-39-40-41-42-43-44-46-48-51-54-57-60-63-66-72(75)78-69-70(68-77-71(74)65-62-59-56-53-50-47-24-21-18-15-12-9-6-3)79-73(76)67-64-61-58-55-52-49-45-26-23-20-17-14-11-8-5-2/h9,12,17-18,20-22,25-26,28-29,31-32,45,47,50,56,59,70H,4-8,10-11,13-16,19,23-24,27,30,33-44,46,48-49,51-55,57-58,60-69H2,1-3H3/b12-9-,20-17-,21-18-,25-22-,29-28-,32-31-,45-26-,50-47-,59-56-. The van der Waals surface area contributed by atoms with E-state index in [-0.39, 0.29) is 37.5 Å². The third-order valence-electron chi connectivity index (χ3n) is 14.2. The molecule has 0 N–H and O–H groups in total. The van der Waals surface area contributed by atoms with Crippen LogP contribution in [-0.2, 0) is 28.6 Å². The van der Waals surface area contributed by atoms with E-state index in [9.17, 15) is 14.4 Å². The van der Waals surface area contributed by atoms with Crippen LogP contribution in [0.25, 0.3) is 0 Å². The summed E-state index contributed by atoms with van der Waals surface area (Å²) in [6.45, 7) is 6.43. The van der Waals surface area contributed by atoms with E-state index in [1.165, 1.54) is 167 Å². The number of esters is 3. The lowest BCUT2D eigenvalue weighted by Crippen LogP contribution is -2.30. The van der Waals surface area contributed by atoms with Gasteiger partial charge in [-0.25, -0.2) is 0 Å². The molecule has 0 heterocycles. The van der Waals surface area contributed by atoms with Crippen LogP contribution in [0.4, 0.5) is 0 Å². The Labute approximate surface area is 489 Å². The largest absolute Gasteiger partial charge is 0.462 e. The molecule has 0 aromatic rings. The van der Waals surface area contributed by atoms with Crippen LogP contribution in [0.2, 0.25) is 0 Å². The third kappa shape index (κ3) is 64.8. The van der Waals surface area contributed by atoms with Crippen LogP contribution >= 0.6 is 0 Å². The van der Waals surface area contributed by atoms with E-state index >= 15 is 0 Å². The second-order valence-electron chi connectivity index (χ2n) is 22.0. The van der Waals surface area contributed by atoms with Gasteiger partial charge in [0.2, 0.25) is 0 Å². The third-order valence-corrected chi connectivity index (χ3v) is 14.2. The summed E-state index contributed by atoms with van der Waals surface area (Å²) in [6.07, 6.45) is 91.4. The first-order valence-corrected chi connectivity index (χ1v) is 33.4. The number of allylic oxidation sites excluding steroid dienone is 18. The molecule has 1 atom stereocenters. The molecule has 6 nitrogen and oxygen atoms in total. The molecule has 0 aliphatic heterocycles. The molecule has 6 heteroatoms. The number of carbonyl (C=O) groups excluding carboxylic acids is 3. The Balaban J connectivity index is 4.19. The highest BCUT2D eigenvalue weighted by atomic mass is 16.6. The SMILES string of the molecule is CC/C=C\C/C=C\C/C=C\C/C=C\CCC(=O)OCC(COC(=O)CCCCCCCCCCCCCCCCCCCC/C=C\C/C=C\C/C=C\CCCCCCC)OC(=O)CCCCCCC/C=C\C/C=C\CCCCC. The molecular formula is C73H124O6. The summed E-state index contributed by atoms with van der Waals surface area (Å²) < 4.78 is 16.8. The van der Waals surface area contributed by atoms with Crippen molar-refractivity contribution < 1.29 is 28.6 Å². The summed E-state index contributed by atoms with van der Waals surface area (Å²) in [5.74, 6) is -0.997. The van der Waals surface area contributed by atoms with E-state index in [0.29, 0.717) is 19.3 Å². The normalized spacial score (nSPS) is 12.8. The molecule has 0 saturated heterocycles. The fourth-order valence-corrected chi connectivity index (χ4v) is 9.26. The average molecular weight is 1100 g/mol. The minimum atomic E-state index is -0.815. The zero-order valence-corrected chi connectivity index (χ0v) is 51.9. The van der Waals surface area contributed by atoms with Gasteiger partial charge in [0.15, 0.2) is 6.10 Å². The van der Waals surface area contributed by atoms with Gasteiger partial charge in [-0.05, 0) is 116 Å². The predicted octanol–water partition coefficient (Wildman–Crippen LogP) is 23.0. The smallest absolute Gasteiger partial charge is 0.306 e. The minimum Gasteiger partial charge on any atom is -0.462 e. The number of hydrogen-bond acceptors (Lipinski definition) is 6. The van der Waals surface area contributed by atoms with Gasteiger partial charge in [-0.2, -0.15) is 0 Å². The lowest BCUT2D eigenvalue weighted by atomic mass is 10.0. The van der Waals surface area contributed by atoms with E-state index in [1.807, 2.05) is 6.08 Å². The first-order chi connectivity index (χ1) is 39.0. The van der Waals surface area contributed by atoms with Crippen LogP contribution in [0.15, 0.2) is 109 Å². The van der Waals surface area contributed by atoms with Crippen molar-refractivity contribution in [2.45, 2.75) is 322 Å². The predicted molar refractivity (Wildman–Crippen MR) is 343 cm³/mol. The highest BCUT2D eigenvalue weighted by Crippen LogP contribution is 2.16. The van der Waals surface area contributed by atoms with Crippen LogP contribution in [0.3, 0.4) is 0 Å². The molecule has 0 aromatic heterocycles. The number of hydrogen-bond donors (Lipinski definition) is 0. The molecule has 79 heavy (non-hydrogen) atoms. The maximum absolute atomic E-state index is 12.9. The maximum Gasteiger partial charge on any atom is 0.306 e. The van der Waals surface area contributed by atoms with E-state index in [4.69, 9.17) is 14.2 Å². The zero-order chi connectivity index (χ0) is 57.1. The number of rotatable bonds is 60. The van der Waals surface area contributed by atoms with Crippen molar-refractivity contribution in [3.8, 4) is 0 Å². The van der Waals surface area contributed by atoms with Gasteiger partial charge in [-0.1, -0.05) is 291 Å². The molecule has 0 radical (unpaired) electrons. The van der Waals surface area contributed by atoms with Gasteiger partial charge in [0, 0.05) is 19.3 Å². The van der Waals surface area contributed by atoms with E-state index < -0.39 is 6.10 Å². The Hall–Kier alpha value is -3.93. The van der Waals surface area contributed by atoms with Crippen molar-refractivity contribution in [2.75, 3.05) is 13.2 Å². The monoisotopic (exact) mass is 1100 g/mol. The van der Waals surface area contributed by atoms with Crippen molar-refractivity contribution in [1.29, 1.82) is 0 Å². The molecule has 1 unspecified atom stereocenters. The molecule has 0 saturated carbocycles. The average Bonchev–Trinajstić information content (AvgIpc) is 3.45. The molecule has 0 fully saturated rings. The summed E-state index contributed by atoms with van der Waals surface area (Å²) >= 11 is 0. The van der Waals surface area contributed by atoms with Crippen molar-refractivity contribution in [3.05, 3.63) is 109 Å². The van der Waals surface area contributed by atoms with Crippen LogP contribution in [0.1, 0.15) is 316 Å². The number of carbonyl (C=O) groups is 3. The quantitative estimate of drug-likeness (QED) is 0.0261. The highest BCUT2D eigenvalue weighted by Gasteiger charge is 2.19. The Morgan fingerprint density at radius 2 is 0.519 bits per heavy atom. The summed E-state index contributed by atoms with van der Waals surface area (Å²) in [5, 5.41) is 0. The van der Waals surface area contributed by atoms with Crippen LogP contribution < -0.4 is 0 Å². The topological polar surface area (TPSA) is 78.9 Å². The lowest BCUT2D eigenvalue weighted by Gasteiger charge is -2.18. The summed E-state index contributed by atoms with van der Waals surface area (Å²) in [4.78, 5) is 38.2. The lowest BCUT2D eigenvalue weighted by molar-refractivity contribution is -0.166. The maximum atomic E-state index is 12.9. The van der Waals surface area contributed by atoms with Crippen LogP contribution in [-0.4, -0.2) is 37.2 Å². The first kappa shape index (κ1) is 75.1. The Morgan fingerprint density at radius 1 is 0.266 bits per heavy atom. The zero-order valence-electron chi connectivity index (χ0n) is 51.9. The van der Waals surface area contributed by atoms with Gasteiger partial charge in [-0.3, -0.25) is 14.4 Å². The molecule has 0 rings (SSSR count). The molecule has 0 aliphatic rings. The fraction of sp³-hybridized carbons (Fsp3) is 0.712. The molecule has 0 spiro atoms. The van der Waals surface area contributed by atoms with Gasteiger partial charge in [-0.15, -0.1) is 0 Å². The summed E-state index contributed by atoms with van der Waals surface area (Å²) in [7, 11) is 0. The summed E-state index contributed by atoms with van der Waals surface area (Å²) in [5.41, 5.74) is 0. The van der Waals surface area contributed by atoms with Gasteiger partial charge in [0.25, 0.3) is 0 Å². The van der Waals surface area contributed by atoms with E-state index in [2.05, 4.69) is 124 Å². The molecule has 452 valence electrons. The number of ether oxygens (including phenoxy) is 3. The van der Waals surface area contributed by atoms with E-state index in [1.54, 1.807) is 0 Å². The van der Waals surface area contributed by atoms with Gasteiger partial charge in [0.05, 0.1) is 0 Å². The summed E-state index contributed by atoms with van der Waals surface area (Å²) in [6, 6.07) is 0. The van der Waals surface area contributed by atoms with Gasteiger partial charge < -0.3 is 14.2 Å².